The first kappa shape index (κ1) is 23.7. The van der Waals surface area contributed by atoms with E-state index in [4.69, 9.17) is 4.74 Å². The molecular formula is C26H26BrF2N5O. The van der Waals surface area contributed by atoms with Crippen LogP contribution in [0.3, 0.4) is 0 Å². The molecule has 182 valence electrons. The number of allylic oxidation sites excluding steroid dienone is 1. The molecule has 1 aliphatic carbocycles. The van der Waals surface area contributed by atoms with Gasteiger partial charge in [0.25, 0.3) is 0 Å². The van der Waals surface area contributed by atoms with E-state index in [0.29, 0.717) is 22.3 Å². The van der Waals surface area contributed by atoms with Crippen molar-refractivity contribution in [3.63, 3.8) is 0 Å². The average Bonchev–Trinajstić information content (AvgIpc) is 3.28. The summed E-state index contributed by atoms with van der Waals surface area (Å²) in [6.45, 7) is 9.27. The van der Waals surface area contributed by atoms with Crippen LogP contribution in [0.4, 0.5) is 26.0 Å². The van der Waals surface area contributed by atoms with Gasteiger partial charge in [0.05, 0.1) is 0 Å². The molecule has 3 aromatic rings. The Morgan fingerprint density at radius 3 is 2.54 bits per heavy atom. The van der Waals surface area contributed by atoms with Gasteiger partial charge in [-0.1, -0.05) is 18.6 Å². The number of hydrogen-bond acceptors (Lipinski definition) is 6. The monoisotopic (exact) mass is 541 g/mol. The minimum absolute atomic E-state index is 0.0878. The van der Waals surface area contributed by atoms with Crippen LogP contribution in [0.25, 0.3) is 6.08 Å². The maximum absolute atomic E-state index is 15.0. The maximum atomic E-state index is 15.0. The van der Waals surface area contributed by atoms with Gasteiger partial charge < -0.3 is 19.9 Å². The second-order valence-corrected chi connectivity index (χ2v) is 9.56. The largest absolute Gasteiger partial charge is 0.434 e. The standard InChI is InChI=1S/C26H26BrF2N5O/c1-3-33-8-10-34(11-9-33)18-6-4-17(5-7-18)32-25-23(27)26(31-15-30-25)35-22-14-21(28)19-12-16(2)13-20(19)24(22)29/h4-7,13-15H,3,8-12H2,1-2H3,(H,30,31,32). The van der Waals surface area contributed by atoms with Gasteiger partial charge in [0.15, 0.2) is 17.4 Å². The van der Waals surface area contributed by atoms with Crippen molar-refractivity contribution < 1.29 is 13.5 Å². The Balaban J connectivity index is 1.32. The topological polar surface area (TPSA) is 53.5 Å². The number of halogens is 3. The molecule has 2 heterocycles. The SMILES string of the molecule is CCN1CCN(c2ccc(Nc3ncnc(Oc4cc(F)c5c(c4F)C=C(C)C5)c3Br)cc2)CC1. The Hall–Kier alpha value is -3.04. The summed E-state index contributed by atoms with van der Waals surface area (Å²) >= 11 is 3.45. The first-order valence-corrected chi connectivity index (χ1v) is 12.4. The molecule has 0 bridgehead atoms. The molecule has 5 rings (SSSR count). The zero-order chi connectivity index (χ0) is 24.5. The lowest BCUT2D eigenvalue weighted by atomic mass is 10.1. The first-order chi connectivity index (χ1) is 16.9. The minimum Gasteiger partial charge on any atom is -0.434 e. The number of aromatic nitrogens is 2. The molecule has 2 aromatic carbocycles. The second-order valence-electron chi connectivity index (χ2n) is 8.77. The number of ether oxygens (including phenoxy) is 1. The molecular weight excluding hydrogens is 516 g/mol. The number of piperazine rings is 1. The van der Waals surface area contributed by atoms with Gasteiger partial charge in [0.1, 0.15) is 16.6 Å². The van der Waals surface area contributed by atoms with E-state index in [-0.39, 0.29) is 17.2 Å². The van der Waals surface area contributed by atoms with E-state index in [1.54, 1.807) is 6.08 Å². The third-order valence-electron chi connectivity index (χ3n) is 6.45. The van der Waals surface area contributed by atoms with Crippen molar-refractivity contribution in [1.29, 1.82) is 0 Å². The molecule has 1 aliphatic heterocycles. The molecule has 0 atom stereocenters. The fourth-order valence-corrected chi connectivity index (χ4v) is 4.86. The summed E-state index contributed by atoms with van der Waals surface area (Å²) in [4.78, 5) is 13.2. The predicted molar refractivity (Wildman–Crippen MR) is 138 cm³/mol. The fourth-order valence-electron chi connectivity index (χ4n) is 4.47. The van der Waals surface area contributed by atoms with Crippen molar-refractivity contribution in [3.8, 4) is 11.6 Å². The number of nitrogens with zero attached hydrogens (tertiary/aromatic N) is 4. The summed E-state index contributed by atoms with van der Waals surface area (Å²) in [5, 5.41) is 3.24. The third kappa shape index (κ3) is 4.88. The van der Waals surface area contributed by atoms with Gasteiger partial charge in [-0.2, -0.15) is 0 Å². The highest BCUT2D eigenvalue weighted by Gasteiger charge is 2.24. The van der Waals surface area contributed by atoms with E-state index < -0.39 is 11.6 Å². The number of rotatable bonds is 6. The summed E-state index contributed by atoms with van der Waals surface area (Å²) in [6, 6.07) is 9.20. The van der Waals surface area contributed by atoms with E-state index >= 15 is 4.39 Å². The van der Waals surface area contributed by atoms with E-state index in [2.05, 4.69) is 60.1 Å². The van der Waals surface area contributed by atoms with Crippen LogP contribution in [0, 0.1) is 11.6 Å². The van der Waals surface area contributed by atoms with Crippen molar-refractivity contribution in [2.45, 2.75) is 20.3 Å². The molecule has 2 aliphatic rings. The highest BCUT2D eigenvalue weighted by molar-refractivity contribution is 9.10. The molecule has 0 spiro atoms. The predicted octanol–water partition coefficient (Wildman–Crippen LogP) is 6.15. The second kappa shape index (κ2) is 9.91. The van der Waals surface area contributed by atoms with Crippen LogP contribution in [-0.2, 0) is 6.42 Å². The van der Waals surface area contributed by atoms with E-state index in [1.165, 1.54) is 12.0 Å². The van der Waals surface area contributed by atoms with Crippen molar-refractivity contribution >= 4 is 39.2 Å². The zero-order valence-electron chi connectivity index (χ0n) is 19.6. The van der Waals surface area contributed by atoms with E-state index in [0.717, 1.165) is 50.1 Å². The van der Waals surface area contributed by atoms with Gasteiger partial charge in [-0.25, -0.2) is 18.7 Å². The zero-order valence-corrected chi connectivity index (χ0v) is 21.2. The van der Waals surface area contributed by atoms with Crippen LogP contribution in [0.15, 0.2) is 46.7 Å². The van der Waals surface area contributed by atoms with Crippen molar-refractivity contribution in [3.05, 3.63) is 69.5 Å². The van der Waals surface area contributed by atoms with Crippen molar-refractivity contribution in [1.82, 2.24) is 14.9 Å². The summed E-state index contributed by atoms with van der Waals surface area (Å²) in [5.74, 6) is -0.773. The van der Waals surface area contributed by atoms with Gasteiger partial charge in [-0.3, -0.25) is 0 Å². The lowest BCUT2D eigenvalue weighted by Gasteiger charge is -2.35. The van der Waals surface area contributed by atoms with Crippen molar-refractivity contribution in [2.24, 2.45) is 0 Å². The number of hydrogen-bond donors (Lipinski definition) is 1. The fraction of sp³-hybridized carbons (Fsp3) is 0.308. The number of nitrogens with one attached hydrogen (secondary N) is 1. The van der Waals surface area contributed by atoms with Crippen LogP contribution in [0.5, 0.6) is 11.6 Å². The molecule has 0 unspecified atom stereocenters. The highest BCUT2D eigenvalue weighted by atomic mass is 79.9. The molecule has 6 nitrogen and oxygen atoms in total. The number of benzene rings is 2. The Morgan fingerprint density at radius 1 is 1.09 bits per heavy atom. The van der Waals surface area contributed by atoms with Gasteiger partial charge in [-0.15, -0.1) is 0 Å². The Kier molecular flexibility index (Phi) is 6.71. The van der Waals surface area contributed by atoms with Crippen LogP contribution >= 0.6 is 15.9 Å². The molecule has 9 heteroatoms. The highest BCUT2D eigenvalue weighted by Crippen LogP contribution is 2.39. The normalized spacial score (nSPS) is 15.7. The minimum atomic E-state index is -0.603. The number of likely N-dealkylation sites (N-methyl/N-ethyl adjacent to an activating group) is 1. The maximum Gasteiger partial charge on any atom is 0.239 e. The van der Waals surface area contributed by atoms with E-state index in [1.807, 2.05) is 19.1 Å². The van der Waals surface area contributed by atoms with Gasteiger partial charge in [-0.05, 0) is 60.1 Å². The molecule has 35 heavy (non-hydrogen) atoms. The van der Waals surface area contributed by atoms with Crippen LogP contribution < -0.4 is 15.0 Å². The van der Waals surface area contributed by atoms with Crippen LogP contribution in [0.1, 0.15) is 25.0 Å². The quantitative estimate of drug-likeness (QED) is 0.403. The van der Waals surface area contributed by atoms with Gasteiger partial charge in [0.2, 0.25) is 5.88 Å². The molecule has 0 radical (unpaired) electrons. The van der Waals surface area contributed by atoms with Crippen LogP contribution in [0.2, 0.25) is 0 Å². The summed E-state index contributed by atoms with van der Waals surface area (Å²) < 4.78 is 35.6. The average molecular weight is 542 g/mol. The Bertz CT molecular complexity index is 1270. The van der Waals surface area contributed by atoms with Gasteiger partial charge in [0, 0.05) is 54.7 Å². The molecule has 0 amide bonds. The van der Waals surface area contributed by atoms with Crippen molar-refractivity contribution in [2.75, 3.05) is 42.9 Å². The molecule has 1 aromatic heterocycles. The van der Waals surface area contributed by atoms with Gasteiger partial charge >= 0.3 is 0 Å². The van der Waals surface area contributed by atoms with Crippen LogP contribution in [-0.4, -0.2) is 47.6 Å². The number of fused-ring (bicyclic) bond motifs is 1. The van der Waals surface area contributed by atoms with E-state index in [9.17, 15) is 4.39 Å². The smallest absolute Gasteiger partial charge is 0.239 e. The lowest BCUT2D eigenvalue weighted by Crippen LogP contribution is -2.46. The first-order valence-electron chi connectivity index (χ1n) is 11.6. The Labute approximate surface area is 211 Å². The summed E-state index contributed by atoms with van der Waals surface area (Å²) in [5.41, 5.74) is 3.50. The molecule has 1 N–H and O–H groups in total. The number of anilines is 3. The summed E-state index contributed by atoms with van der Waals surface area (Å²) in [7, 11) is 0. The summed E-state index contributed by atoms with van der Waals surface area (Å²) in [6.07, 6.45) is 3.36. The molecule has 1 fully saturated rings. The molecule has 0 saturated carbocycles. The Morgan fingerprint density at radius 2 is 1.83 bits per heavy atom. The lowest BCUT2D eigenvalue weighted by molar-refractivity contribution is 0.271. The molecule has 1 saturated heterocycles. The third-order valence-corrected chi connectivity index (χ3v) is 7.16.